The number of benzene rings is 1. The molecule has 18 heavy (non-hydrogen) atoms. The predicted octanol–water partition coefficient (Wildman–Crippen LogP) is 2.70. The van der Waals surface area contributed by atoms with E-state index >= 15 is 0 Å². The molecule has 2 N–H and O–H groups in total. The first-order valence-corrected chi connectivity index (χ1v) is 6.64. The fourth-order valence-electron chi connectivity index (χ4n) is 3.40. The van der Waals surface area contributed by atoms with Crippen molar-refractivity contribution in [1.82, 2.24) is 0 Å². The summed E-state index contributed by atoms with van der Waals surface area (Å²) in [5.74, 6) is -0.607. The Morgan fingerprint density at radius 3 is 2.56 bits per heavy atom. The maximum atomic E-state index is 11.4. The van der Waals surface area contributed by atoms with Crippen LogP contribution in [0.4, 0.5) is 0 Å². The van der Waals surface area contributed by atoms with Gasteiger partial charge in [-0.05, 0) is 68.2 Å². The van der Waals surface area contributed by atoms with Crippen molar-refractivity contribution in [3.05, 3.63) is 28.3 Å². The zero-order chi connectivity index (χ0) is 12.9. The lowest BCUT2D eigenvalue weighted by molar-refractivity contribution is -0.140. The van der Waals surface area contributed by atoms with E-state index in [0.29, 0.717) is 18.4 Å². The third kappa shape index (κ3) is 1.46. The number of aromatic hydroxyl groups is 1. The molecular formula is C15H18O3. The summed E-state index contributed by atoms with van der Waals surface area (Å²) in [6, 6.07) is 1.81. The van der Waals surface area contributed by atoms with Gasteiger partial charge in [-0.3, -0.25) is 4.79 Å². The Bertz CT molecular complexity index is 527. The molecule has 2 aliphatic carbocycles. The van der Waals surface area contributed by atoms with Gasteiger partial charge in [0.15, 0.2) is 0 Å². The first-order valence-electron chi connectivity index (χ1n) is 6.64. The molecule has 0 radical (unpaired) electrons. The zero-order valence-corrected chi connectivity index (χ0v) is 10.6. The van der Waals surface area contributed by atoms with E-state index in [0.717, 1.165) is 31.2 Å². The highest BCUT2D eigenvalue weighted by atomic mass is 16.4. The van der Waals surface area contributed by atoms with Crippen molar-refractivity contribution in [1.29, 1.82) is 0 Å². The largest absolute Gasteiger partial charge is 0.508 e. The van der Waals surface area contributed by atoms with Gasteiger partial charge in [0.1, 0.15) is 5.75 Å². The van der Waals surface area contributed by atoms with Crippen molar-refractivity contribution in [3.63, 3.8) is 0 Å². The molecule has 0 unspecified atom stereocenters. The van der Waals surface area contributed by atoms with Crippen molar-refractivity contribution < 1.29 is 15.0 Å². The minimum atomic E-state index is -0.805. The van der Waals surface area contributed by atoms with Crippen LogP contribution in [-0.2, 0) is 23.1 Å². The molecule has 0 saturated heterocycles. The third-order valence-electron chi connectivity index (χ3n) is 4.54. The number of aliphatic carboxylic acids is 1. The number of hydrogen-bond donors (Lipinski definition) is 2. The van der Waals surface area contributed by atoms with E-state index in [1.54, 1.807) is 6.07 Å². The highest BCUT2D eigenvalue weighted by molar-refractivity contribution is 5.87. The van der Waals surface area contributed by atoms with Gasteiger partial charge in [0.05, 0.1) is 5.41 Å². The average Bonchev–Trinajstić information content (AvgIpc) is 3.10. The molecule has 3 rings (SSSR count). The van der Waals surface area contributed by atoms with E-state index in [-0.39, 0.29) is 5.75 Å². The lowest BCUT2D eigenvalue weighted by Crippen LogP contribution is -2.22. The first kappa shape index (κ1) is 11.6. The Morgan fingerprint density at radius 1 is 1.28 bits per heavy atom. The minimum Gasteiger partial charge on any atom is -0.508 e. The van der Waals surface area contributed by atoms with Gasteiger partial charge in [-0.2, -0.15) is 0 Å². The van der Waals surface area contributed by atoms with Crippen LogP contribution in [0.2, 0.25) is 0 Å². The van der Waals surface area contributed by atoms with Gasteiger partial charge in [-0.25, -0.2) is 0 Å². The molecule has 3 nitrogen and oxygen atoms in total. The van der Waals surface area contributed by atoms with Gasteiger partial charge in [0, 0.05) is 5.56 Å². The summed E-state index contributed by atoms with van der Waals surface area (Å²) in [6.07, 6.45) is 5.65. The Balaban J connectivity index is 2.19. The second-order valence-corrected chi connectivity index (χ2v) is 5.63. The Labute approximate surface area is 106 Å². The molecule has 0 heterocycles. The van der Waals surface area contributed by atoms with Crippen LogP contribution in [0.5, 0.6) is 5.75 Å². The van der Waals surface area contributed by atoms with Gasteiger partial charge in [0.25, 0.3) is 0 Å². The molecule has 0 bridgehead atoms. The molecule has 1 saturated carbocycles. The van der Waals surface area contributed by atoms with Gasteiger partial charge >= 0.3 is 5.97 Å². The summed E-state index contributed by atoms with van der Waals surface area (Å²) >= 11 is 0. The fraction of sp³-hybridized carbons (Fsp3) is 0.533. The zero-order valence-electron chi connectivity index (χ0n) is 10.6. The SMILES string of the molecule is Cc1c2c(cc(O)c1C1(C(=O)O)CC1)CCCC2. The van der Waals surface area contributed by atoms with Gasteiger partial charge in [0.2, 0.25) is 0 Å². The van der Waals surface area contributed by atoms with Crippen molar-refractivity contribution in [3.8, 4) is 5.75 Å². The molecule has 0 aromatic heterocycles. The van der Waals surface area contributed by atoms with E-state index < -0.39 is 11.4 Å². The van der Waals surface area contributed by atoms with E-state index in [4.69, 9.17) is 0 Å². The molecule has 2 aliphatic rings. The lowest BCUT2D eigenvalue weighted by Gasteiger charge is -2.24. The average molecular weight is 246 g/mol. The van der Waals surface area contributed by atoms with Gasteiger partial charge in [-0.15, -0.1) is 0 Å². The number of rotatable bonds is 2. The molecular weight excluding hydrogens is 228 g/mol. The second kappa shape index (κ2) is 3.74. The normalized spacial score (nSPS) is 20.3. The van der Waals surface area contributed by atoms with Gasteiger partial charge < -0.3 is 10.2 Å². The monoisotopic (exact) mass is 246 g/mol. The van der Waals surface area contributed by atoms with Crippen molar-refractivity contribution >= 4 is 5.97 Å². The standard InChI is InChI=1S/C15H18O3/c1-9-11-5-3-2-4-10(11)8-12(16)13(9)15(6-7-15)14(17)18/h8,16H,2-7H2,1H3,(H,17,18). The molecule has 3 heteroatoms. The van der Waals surface area contributed by atoms with E-state index in [2.05, 4.69) is 0 Å². The molecule has 1 aromatic carbocycles. The maximum Gasteiger partial charge on any atom is 0.314 e. The highest BCUT2D eigenvalue weighted by Gasteiger charge is 2.54. The van der Waals surface area contributed by atoms with Crippen molar-refractivity contribution in [2.45, 2.75) is 50.9 Å². The smallest absolute Gasteiger partial charge is 0.314 e. The molecule has 1 aromatic rings. The number of aryl methyl sites for hydroxylation is 1. The quantitative estimate of drug-likeness (QED) is 0.843. The predicted molar refractivity (Wildman–Crippen MR) is 68.0 cm³/mol. The number of fused-ring (bicyclic) bond motifs is 1. The summed E-state index contributed by atoms with van der Waals surface area (Å²) in [5.41, 5.74) is 3.38. The molecule has 1 fully saturated rings. The van der Waals surface area contributed by atoms with Gasteiger partial charge in [-0.1, -0.05) is 0 Å². The summed E-state index contributed by atoms with van der Waals surface area (Å²) in [6.45, 7) is 1.97. The molecule has 0 atom stereocenters. The number of phenols is 1. The Kier molecular flexibility index (Phi) is 2.40. The summed E-state index contributed by atoms with van der Waals surface area (Å²) in [5, 5.41) is 19.6. The maximum absolute atomic E-state index is 11.4. The van der Waals surface area contributed by atoms with Crippen LogP contribution >= 0.6 is 0 Å². The molecule has 0 amide bonds. The Morgan fingerprint density at radius 2 is 1.94 bits per heavy atom. The van der Waals surface area contributed by atoms with E-state index in [9.17, 15) is 15.0 Å². The number of carboxylic acid groups (broad SMARTS) is 1. The number of carbonyl (C=O) groups is 1. The van der Waals surface area contributed by atoms with Crippen LogP contribution < -0.4 is 0 Å². The highest BCUT2D eigenvalue weighted by Crippen LogP contribution is 2.53. The Hall–Kier alpha value is -1.51. The van der Waals surface area contributed by atoms with E-state index in [1.807, 2.05) is 6.92 Å². The van der Waals surface area contributed by atoms with Crippen LogP contribution in [0, 0.1) is 6.92 Å². The van der Waals surface area contributed by atoms with Crippen LogP contribution in [0.1, 0.15) is 47.9 Å². The molecule has 0 aliphatic heterocycles. The molecule has 0 spiro atoms. The summed E-state index contributed by atoms with van der Waals surface area (Å²) in [4.78, 5) is 11.4. The summed E-state index contributed by atoms with van der Waals surface area (Å²) in [7, 11) is 0. The van der Waals surface area contributed by atoms with Crippen LogP contribution in [0.3, 0.4) is 0 Å². The summed E-state index contributed by atoms with van der Waals surface area (Å²) < 4.78 is 0. The lowest BCUT2D eigenvalue weighted by atomic mass is 9.81. The topological polar surface area (TPSA) is 57.5 Å². The van der Waals surface area contributed by atoms with Crippen LogP contribution in [-0.4, -0.2) is 16.2 Å². The number of carboxylic acids is 1. The van der Waals surface area contributed by atoms with Crippen LogP contribution in [0.15, 0.2) is 6.07 Å². The minimum absolute atomic E-state index is 0.188. The second-order valence-electron chi connectivity index (χ2n) is 5.63. The number of phenolic OH excluding ortho intramolecular Hbond substituents is 1. The number of hydrogen-bond acceptors (Lipinski definition) is 2. The first-order chi connectivity index (χ1) is 8.56. The fourth-order valence-corrected chi connectivity index (χ4v) is 3.40. The van der Waals surface area contributed by atoms with Crippen LogP contribution in [0.25, 0.3) is 0 Å². The van der Waals surface area contributed by atoms with Crippen molar-refractivity contribution in [2.75, 3.05) is 0 Å². The van der Waals surface area contributed by atoms with Crippen molar-refractivity contribution in [2.24, 2.45) is 0 Å². The van der Waals surface area contributed by atoms with E-state index in [1.165, 1.54) is 11.1 Å². The third-order valence-corrected chi connectivity index (χ3v) is 4.54. The molecule has 96 valence electrons.